The normalized spacial score (nSPS) is 11.5. The Morgan fingerprint density at radius 2 is 1.78 bits per heavy atom. The molecule has 0 aliphatic heterocycles. The van der Waals surface area contributed by atoms with E-state index in [2.05, 4.69) is 10.6 Å². The zero-order valence-corrected chi connectivity index (χ0v) is 12.9. The van der Waals surface area contributed by atoms with Gasteiger partial charge in [-0.25, -0.2) is 4.79 Å². The van der Waals surface area contributed by atoms with Crippen molar-refractivity contribution in [3.63, 3.8) is 0 Å². The molecule has 0 heterocycles. The number of amides is 3. The number of benzene rings is 2. The summed E-state index contributed by atoms with van der Waals surface area (Å²) in [5.74, 6) is -0.442. The Morgan fingerprint density at radius 1 is 1.13 bits per heavy atom. The molecule has 7 heteroatoms. The Balaban J connectivity index is 2.15. The molecule has 6 nitrogen and oxygen atoms in total. The molecule has 0 aliphatic carbocycles. The van der Waals surface area contributed by atoms with Crippen molar-refractivity contribution in [3.8, 4) is 5.75 Å². The van der Waals surface area contributed by atoms with Crippen molar-refractivity contribution in [1.82, 2.24) is 5.32 Å². The average molecular weight is 334 g/mol. The molecule has 5 N–H and O–H groups in total. The zero-order valence-electron chi connectivity index (χ0n) is 12.1. The maximum Gasteiger partial charge on any atom is 0.312 e. The summed E-state index contributed by atoms with van der Waals surface area (Å²) in [6, 6.07) is 11.8. The molecule has 2 aromatic carbocycles. The molecule has 0 saturated carbocycles. The minimum Gasteiger partial charge on any atom is -0.506 e. The number of para-hydroxylation sites is 2. The van der Waals surface area contributed by atoms with Gasteiger partial charge in [-0.2, -0.15) is 0 Å². The SMILES string of the molecule is NC(=O)NC(CC(=O)Nc1ccccc1O)c1ccccc1Cl. The number of aromatic hydroxyl groups is 1. The summed E-state index contributed by atoms with van der Waals surface area (Å²) in [5, 5.41) is 15.2. The minimum absolute atomic E-state index is 0.0435. The van der Waals surface area contributed by atoms with Gasteiger partial charge in [0.05, 0.1) is 18.2 Å². The molecule has 23 heavy (non-hydrogen) atoms. The van der Waals surface area contributed by atoms with Gasteiger partial charge in [0.2, 0.25) is 5.91 Å². The maximum atomic E-state index is 12.2. The largest absolute Gasteiger partial charge is 0.506 e. The summed E-state index contributed by atoms with van der Waals surface area (Å²) >= 11 is 6.11. The molecule has 2 rings (SSSR count). The van der Waals surface area contributed by atoms with Crippen molar-refractivity contribution in [1.29, 1.82) is 0 Å². The van der Waals surface area contributed by atoms with E-state index in [0.717, 1.165) is 0 Å². The predicted octanol–water partition coefficient (Wildman–Crippen LogP) is 2.78. The van der Waals surface area contributed by atoms with Gasteiger partial charge in [-0.15, -0.1) is 0 Å². The topological polar surface area (TPSA) is 104 Å². The van der Waals surface area contributed by atoms with Crippen LogP contribution in [-0.2, 0) is 4.79 Å². The molecule has 1 atom stereocenters. The van der Waals surface area contributed by atoms with Crippen LogP contribution < -0.4 is 16.4 Å². The Hall–Kier alpha value is -2.73. The number of carbonyl (C=O) groups is 2. The summed E-state index contributed by atoms with van der Waals surface area (Å²) in [6.07, 6.45) is -0.0823. The lowest BCUT2D eigenvalue weighted by atomic mass is 10.0. The van der Waals surface area contributed by atoms with Gasteiger partial charge in [0.25, 0.3) is 0 Å². The van der Waals surface area contributed by atoms with Gasteiger partial charge in [0, 0.05) is 5.02 Å². The Labute approximate surface area is 138 Å². The molecule has 0 saturated heterocycles. The Bertz CT molecular complexity index is 721. The van der Waals surface area contributed by atoms with Crippen molar-refractivity contribution in [2.45, 2.75) is 12.5 Å². The highest BCUT2D eigenvalue weighted by atomic mass is 35.5. The fourth-order valence-corrected chi connectivity index (χ4v) is 2.40. The second-order valence-electron chi connectivity index (χ2n) is 4.85. The number of halogens is 1. The van der Waals surface area contributed by atoms with E-state index < -0.39 is 18.0 Å². The third-order valence-electron chi connectivity index (χ3n) is 3.16. The lowest BCUT2D eigenvalue weighted by Crippen LogP contribution is -2.35. The van der Waals surface area contributed by atoms with E-state index in [1.165, 1.54) is 6.07 Å². The number of nitrogens with two attached hydrogens (primary N) is 1. The molecular formula is C16H16ClN3O3. The van der Waals surface area contributed by atoms with Gasteiger partial charge < -0.3 is 21.5 Å². The minimum atomic E-state index is -0.759. The van der Waals surface area contributed by atoms with Crippen LogP contribution >= 0.6 is 11.6 Å². The number of hydrogen-bond acceptors (Lipinski definition) is 3. The highest BCUT2D eigenvalue weighted by Crippen LogP contribution is 2.27. The highest BCUT2D eigenvalue weighted by Gasteiger charge is 2.20. The van der Waals surface area contributed by atoms with E-state index in [9.17, 15) is 14.7 Å². The summed E-state index contributed by atoms with van der Waals surface area (Å²) in [4.78, 5) is 23.4. The summed E-state index contributed by atoms with van der Waals surface area (Å²) in [5.41, 5.74) is 6.04. The van der Waals surface area contributed by atoms with E-state index in [1.54, 1.807) is 42.5 Å². The van der Waals surface area contributed by atoms with Gasteiger partial charge >= 0.3 is 6.03 Å². The molecule has 0 radical (unpaired) electrons. The van der Waals surface area contributed by atoms with Gasteiger partial charge in [-0.1, -0.05) is 41.9 Å². The van der Waals surface area contributed by atoms with Crippen LogP contribution in [0.3, 0.4) is 0 Å². The number of urea groups is 1. The molecule has 120 valence electrons. The number of nitrogens with one attached hydrogen (secondary N) is 2. The molecule has 0 aliphatic rings. The van der Waals surface area contributed by atoms with Crippen molar-refractivity contribution in [3.05, 3.63) is 59.1 Å². The molecule has 0 aromatic heterocycles. The fraction of sp³-hybridized carbons (Fsp3) is 0.125. The van der Waals surface area contributed by atoms with Gasteiger partial charge in [-0.3, -0.25) is 4.79 Å². The van der Waals surface area contributed by atoms with Crippen LogP contribution in [0.15, 0.2) is 48.5 Å². The quantitative estimate of drug-likeness (QED) is 0.632. The van der Waals surface area contributed by atoms with Crippen LogP contribution in [0.25, 0.3) is 0 Å². The average Bonchev–Trinajstić information content (AvgIpc) is 2.49. The molecule has 2 aromatic rings. The van der Waals surface area contributed by atoms with Crippen LogP contribution in [0.1, 0.15) is 18.0 Å². The monoisotopic (exact) mass is 333 g/mol. The predicted molar refractivity (Wildman–Crippen MR) is 88.3 cm³/mol. The number of phenols is 1. The van der Waals surface area contributed by atoms with Crippen molar-refractivity contribution >= 4 is 29.2 Å². The van der Waals surface area contributed by atoms with E-state index >= 15 is 0 Å². The van der Waals surface area contributed by atoms with E-state index in [4.69, 9.17) is 17.3 Å². The van der Waals surface area contributed by atoms with Crippen LogP contribution in [0.5, 0.6) is 5.75 Å². The lowest BCUT2D eigenvalue weighted by Gasteiger charge is -2.19. The summed E-state index contributed by atoms with van der Waals surface area (Å²) in [6.45, 7) is 0. The van der Waals surface area contributed by atoms with Gasteiger partial charge in [0.1, 0.15) is 5.75 Å². The smallest absolute Gasteiger partial charge is 0.312 e. The summed E-state index contributed by atoms with van der Waals surface area (Å²) < 4.78 is 0. The number of primary amides is 1. The number of hydrogen-bond donors (Lipinski definition) is 4. The van der Waals surface area contributed by atoms with Crippen molar-refractivity contribution in [2.75, 3.05) is 5.32 Å². The van der Waals surface area contributed by atoms with Crippen molar-refractivity contribution in [2.24, 2.45) is 5.73 Å². The second-order valence-corrected chi connectivity index (χ2v) is 5.26. The number of anilines is 1. The van der Waals surface area contributed by atoms with Gasteiger partial charge in [-0.05, 0) is 23.8 Å². The van der Waals surface area contributed by atoms with E-state index in [-0.39, 0.29) is 17.9 Å². The van der Waals surface area contributed by atoms with Crippen LogP contribution in [0, 0.1) is 0 Å². The molecular weight excluding hydrogens is 318 g/mol. The first-order valence-corrected chi connectivity index (χ1v) is 7.23. The molecule has 1 unspecified atom stereocenters. The van der Waals surface area contributed by atoms with Crippen LogP contribution in [-0.4, -0.2) is 17.0 Å². The lowest BCUT2D eigenvalue weighted by molar-refractivity contribution is -0.116. The number of rotatable bonds is 5. The number of phenolic OH excluding ortho intramolecular Hbond substituents is 1. The fourth-order valence-electron chi connectivity index (χ4n) is 2.13. The Kier molecular flexibility index (Phi) is 5.43. The second kappa shape index (κ2) is 7.51. The third kappa shape index (κ3) is 4.62. The molecule has 0 spiro atoms. The standard InChI is InChI=1S/C16H16ClN3O3/c17-11-6-2-1-5-10(11)13(20-16(18)23)9-15(22)19-12-7-3-4-8-14(12)21/h1-8,13,21H,9H2,(H,19,22)(H3,18,20,23). The molecule has 3 amide bonds. The first-order chi connectivity index (χ1) is 11.0. The Morgan fingerprint density at radius 3 is 2.43 bits per heavy atom. The highest BCUT2D eigenvalue weighted by molar-refractivity contribution is 6.31. The first-order valence-electron chi connectivity index (χ1n) is 6.85. The molecule has 0 bridgehead atoms. The zero-order chi connectivity index (χ0) is 16.8. The third-order valence-corrected chi connectivity index (χ3v) is 3.51. The van der Waals surface area contributed by atoms with Gasteiger partial charge in [0.15, 0.2) is 0 Å². The van der Waals surface area contributed by atoms with E-state index in [0.29, 0.717) is 10.6 Å². The maximum absolute atomic E-state index is 12.2. The van der Waals surface area contributed by atoms with E-state index in [1.807, 2.05) is 0 Å². The van der Waals surface area contributed by atoms with Crippen molar-refractivity contribution < 1.29 is 14.7 Å². The first kappa shape index (κ1) is 16.6. The van der Waals surface area contributed by atoms with Crippen LogP contribution in [0.2, 0.25) is 5.02 Å². The number of carbonyl (C=O) groups excluding carboxylic acids is 2. The molecule has 0 fully saturated rings. The summed E-state index contributed by atoms with van der Waals surface area (Å²) in [7, 11) is 0. The van der Waals surface area contributed by atoms with Crippen LogP contribution in [0.4, 0.5) is 10.5 Å².